The molecule has 0 atom stereocenters. The summed E-state index contributed by atoms with van der Waals surface area (Å²) in [7, 11) is 0. The SMILES string of the molecule is N#Cc1ccc(-c2nnc(C(=O)NCCC3CCN(Cc4ccccc4)CC3)o2)cc1.O=C(O)/C=C/C(=O)O. The maximum atomic E-state index is 12.3. The summed E-state index contributed by atoms with van der Waals surface area (Å²) >= 11 is 0. The minimum absolute atomic E-state index is 0.0444. The van der Waals surface area contributed by atoms with E-state index in [4.69, 9.17) is 19.9 Å². The minimum atomic E-state index is -1.26. The van der Waals surface area contributed by atoms with E-state index in [0.717, 1.165) is 38.9 Å². The molecule has 1 aliphatic rings. The summed E-state index contributed by atoms with van der Waals surface area (Å²) in [6, 6.07) is 19.4. The Hall–Kier alpha value is -4.82. The Bertz CT molecular complexity index is 1290. The summed E-state index contributed by atoms with van der Waals surface area (Å²) in [4.78, 5) is 33.9. The number of likely N-dealkylation sites (tertiary alicyclic amines) is 1. The molecular weight excluding hydrogens is 502 g/mol. The van der Waals surface area contributed by atoms with Gasteiger partial charge in [0, 0.05) is 30.8 Å². The zero-order valence-electron chi connectivity index (χ0n) is 21.2. The summed E-state index contributed by atoms with van der Waals surface area (Å²) in [6.07, 6.45) is 4.35. The van der Waals surface area contributed by atoms with Gasteiger partial charge in [-0.2, -0.15) is 5.26 Å². The van der Waals surface area contributed by atoms with Crippen molar-refractivity contribution in [3.8, 4) is 17.5 Å². The highest BCUT2D eigenvalue weighted by molar-refractivity contribution is 5.90. The van der Waals surface area contributed by atoms with E-state index in [9.17, 15) is 14.4 Å². The first-order valence-corrected chi connectivity index (χ1v) is 12.4. The molecule has 202 valence electrons. The number of amides is 1. The first-order valence-electron chi connectivity index (χ1n) is 12.4. The van der Waals surface area contributed by atoms with Crippen molar-refractivity contribution >= 4 is 17.8 Å². The molecule has 11 heteroatoms. The van der Waals surface area contributed by atoms with Gasteiger partial charge in [0.05, 0.1) is 11.6 Å². The Morgan fingerprint density at radius 1 is 1.00 bits per heavy atom. The normalized spacial score (nSPS) is 13.7. The Kier molecular flexibility index (Phi) is 10.9. The van der Waals surface area contributed by atoms with Crippen molar-refractivity contribution in [2.45, 2.75) is 25.8 Å². The Morgan fingerprint density at radius 2 is 1.64 bits per heavy atom. The zero-order chi connectivity index (χ0) is 28.0. The number of carbonyl (C=O) groups is 3. The lowest BCUT2D eigenvalue weighted by atomic mass is 9.93. The number of aliphatic carboxylic acids is 2. The van der Waals surface area contributed by atoms with E-state index in [1.807, 2.05) is 6.07 Å². The van der Waals surface area contributed by atoms with Gasteiger partial charge in [0.1, 0.15) is 0 Å². The number of hydrogen-bond acceptors (Lipinski definition) is 8. The van der Waals surface area contributed by atoms with E-state index in [2.05, 4.69) is 50.7 Å². The van der Waals surface area contributed by atoms with Crippen LogP contribution in [0.1, 0.15) is 41.1 Å². The first-order chi connectivity index (χ1) is 18.8. The average molecular weight is 532 g/mol. The predicted octanol–water partition coefficient (Wildman–Crippen LogP) is 3.35. The van der Waals surface area contributed by atoms with Crippen LogP contribution >= 0.6 is 0 Å². The van der Waals surface area contributed by atoms with Crippen LogP contribution in [0.4, 0.5) is 0 Å². The monoisotopic (exact) mass is 531 g/mol. The van der Waals surface area contributed by atoms with Crippen LogP contribution in [0.15, 0.2) is 71.2 Å². The number of nitrogens with one attached hydrogen (secondary N) is 1. The highest BCUT2D eigenvalue weighted by Gasteiger charge is 2.20. The van der Waals surface area contributed by atoms with Crippen LogP contribution in [0.25, 0.3) is 11.5 Å². The maximum absolute atomic E-state index is 12.3. The fourth-order valence-corrected chi connectivity index (χ4v) is 4.00. The molecule has 0 unspecified atom stereocenters. The van der Waals surface area contributed by atoms with Crippen molar-refractivity contribution in [1.82, 2.24) is 20.4 Å². The number of piperidine rings is 1. The second-order valence-corrected chi connectivity index (χ2v) is 8.86. The van der Waals surface area contributed by atoms with Gasteiger partial charge in [0.15, 0.2) is 0 Å². The van der Waals surface area contributed by atoms with Gasteiger partial charge < -0.3 is 19.9 Å². The van der Waals surface area contributed by atoms with Gasteiger partial charge in [0.2, 0.25) is 5.89 Å². The molecule has 3 aromatic rings. The number of benzene rings is 2. The minimum Gasteiger partial charge on any atom is -0.478 e. The van der Waals surface area contributed by atoms with E-state index >= 15 is 0 Å². The lowest BCUT2D eigenvalue weighted by Crippen LogP contribution is -2.34. The number of carboxylic acids is 2. The second-order valence-electron chi connectivity index (χ2n) is 8.86. The van der Waals surface area contributed by atoms with Crippen molar-refractivity contribution in [2.24, 2.45) is 5.92 Å². The summed E-state index contributed by atoms with van der Waals surface area (Å²) < 4.78 is 5.49. The van der Waals surface area contributed by atoms with Crippen molar-refractivity contribution in [2.75, 3.05) is 19.6 Å². The summed E-state index contributed by atoms with van der Waals surface area (Å²) in [6.45, 7) is 3.77. The van der Waals surface area contributed by atoms with E-state index in [1.165, 1.54) is 5.56 Å². The fourth-order valence-electron chi connectivity index (χ4n) is 4.00. The highest BCUT2D eigenvalue weighted by Crippen LogP contribution is 2.22. The number of aromatic nitrogens is 2. The molecule has 1 aliphatic heterocycles. The van der Waals surface area contributed by atoms with Crippen LogP contribution in [0, 0.1) is 17.2 Å². The molecular formula is C28H29N5O6. The van der Waals surface area contributed by atoms with Gasteiger partial charge in [-0.05, 0) is 68.1 Å². The highest BCUT2D eigenvalue weighted by atomic mass is 16.4. The zero-order valence-corrected chi connectivity index (χ0v) is 21.2. The lowest BCUT2D eigenvalue weighted by molar-refractivity contribution is -0.134. The molecule has 2 aromatic carbocycles. The summed E-state index contributed by atoms with van der Waals surface area (Å²) in [5, 5.41) is 35.2. The summed E-state index contributed by atoms with van der Waals surface area (Å²) in [5.74, 6) is -2.03. The topological polar surface area (TPSA) is 170 Å². The largest absolute Gasteiger partial charge is 0.478 e. The van der Waals surface area contributed by atoms with Crippen molar-refractivity contribution in [3.63, 3.8) is 0 Å². The van der Waals surface area contributed by atoms with E-state index < -0.39 is 11.9 Å². The van der Waals surface area contributed by atoms with Crippen molar-refractivity contribution in [3.05, 3.63) is 83.8 Å². The maximum Gasteiger partial charge on any atom is 0.328 e. The molecule has 0 radical (unpaired) electrons. The third-order valence-corrected chi connectivity index (χ3v) is 6.04. The van der Waals surface area contributed by atoms with Gasteiger partial charge in [-0.3, -0.25) is 9.69 Å². The molecule has 1 amide bonds. The number of hydrogen-bond donors (Lipinski definition) is 3. The average Bonchev–Trinajstić information content (AvgIpc) is 3.44. The lowest BCUT2D eigenvalue weighted by Gasteiger charge is -2.32. The molecule has 2 heterocycles. The molecule has 11 nitrogen and oxygen atoms in total. The number of carboxylic acid groups (broad SMARTS) is 2. The smallest absolute Gasteiger partial charge is 0.328 e. The van der Waals surface area contributed by atoms with Gasteiger partial charge in [-0.15, -0.1) is 10.2 Å². The van der Waals surface area contributed by atoms with E-state index in [1.54, 1.807) is 24.3 Å². The molecule has 0 aliphatic carbocycles. The Balaban J connectivity index is 0.000000459. The number of nitrogens with zero attached hydrogens (tertiary/aromatic N) is 4. The molecule has 3 N–H and O–H groups in total. The second kappa shape index (κ2) is 14.8. The van der Waals surface area contributed by atoms with Gasteiger partial charge >= 0.3 is 23.7 Å². The Labute approximate surface area is 225 Å². The first kappa shape index (κ1) is 28.7. The molecule has 1 fully saturated rings. The van der Waals surface area contributed by atoms with Crippen LogP contribution in [0.2, 0.25) is 0 Å². The van der Waals surface area contributed by atoms with E-state index in [-0.39, 0.29) is 17.7 Å². The molecule has 1 saturated heterocycles. The molecule has 4 rings (SSSR count). The fraction of sp³-hybridized carbons (Fsp3) is 0.286. The molecule has 39 heavy (non-hydrogen) atoms. The molecule has 0 bridgehead atoms. The third-order valence-electron chi connectivity index (χ3n) is 6.04. The van der Waals surface area contributed by atoms with Crippen LogP contribution in [-0.4, -0.2) is 62.8 Å². The van der Waals surface area contributed by atoms with Crippen LogP contribution in [0.5, 0.6) is 0 Å². The van der Waals surface area contributed by atoms with Crippen LogP contribution in [0.3, 0.4) is 0 Å². The molecule has 0 spiro atoms. The van der Waals surface area contributed by atoms with Crippen molar-refractivity contribution < 1.29 is 29.0 Å². The van der Waals surface area contributed by atoms with Gasteiger partial charge in [-0.25, -0.2) is 9.59 Å². The quantitative estimate of drug-likeness (QED) is 0.348. The summed E-state index contributed by atoms with van der Waals surface area (Å²) in [5.41, 5.74) is 2.58. The molecule has 1 aromatic heterocycles. The Morgan fingerprint density at radius 3 is 2.23 bits per heavy atom. The predicted molar refractivity (Wildman–Crippen MR) is 140 cm³/mol. The van der Waals surface area contributed by atoms with Crippen LogP contribution < -0.4 is 5.32 Å². The number of rotatable bonds is 9. The third kappa shape index (κ3) is 9.87. The van der Waals surface area contributed by atoms with Gasteiger partial charge in [-0.1, -0.05) is 30.3 Å². The van der Waals surface area contributed by atoms with Gasteiger partial charge in [0.25, 0.3) is 0 Å². The van der Waals surface area contributed by atoms with E-state index in [0.29, 0.717) is 35.7 Å². The van der Waals surface area contributed by atoms with Crippen LogP contribution in [-0.2, 0) is 16.1 Å². The van der Waals surface area contributed by atoms with Crippen molar-refractivity contribution in [1.29, 1.82) is 5.26 Å². The number of carbonyl (C=O) groups excluding carboxylic acids is 1. The molecule has 0 saturated carbocycles. The number of nitriles is 1. The standard InChI is InChI=1S/C24H25N5O2.C4H4O4/c25-16-19-6-8-21(9-7-19)23-27-28-24(31-23)22(30)26-13-10-18-11-14-29(15-12-18)17-20-4-2-1-3-5-20;5-3(6)1-2-4(7)8/h1-9,18H,10-15,17H2,(H,26,30);1-2H,(H,5,6)(H,7,8)/b;2-1+.